The monoisotopic (exact) mass is 376 g/mol. The molecule has 1 aromatic heterocycles. The summed E-state index contributed by atoms with van der Waals surface area (Å²) >= 11 is 1.78. The van der Waals surface area contributed by atoms with E-state index in [0.29, 0.717) is 0 Å². The maximum absolute atomic E-state index is 4.98. The second-order valence-corrected chi connectivity index (χ2v) is 8.48. The largest absolute Gasteiger partial charge is 0.388 e. The standard InChI is InChI=1S/C24H28N2S/c1-4-17-13-22(25-3)16(2)11-21(17)14-24-26-23(15-27-24)20-10-9-18-7-5-6-8-19(18)12-20/h9-13,15,25H,4-8,14H2,1-3H3. The summed E-state index contributed by atoms with van der Waals surface area (Å²) in [4.78, 5) is 4.98. The van der Waals surface area contributed by atoms with Gasteiger partial charge in [0.15, 0.2) is 0 Å². The maximum atomic E-state index is 4.98. The van der Waals surface area contributed by atoms with E-state index in [0.717, 1.165) is 18.5 Å². The topological polar surface area (TPSA) is 24.9 Å². The van der Waals surface area contributed by atoms with Crippen molar-refractivity contribution in [2.24, 2.45) is 0 Å². The third kappa shape index (κ3) is 3.79. The van der Waals surface area contributed by atoms with Gasteiger partial charge < -0.3 is 5.32 Å². The van der Waals surface area contributed by atoms with Gasteiger partial charge in [-0.2, -0.15) is 0 Å². The molecule has 1 aliphatic carbocycles. The van der Waals surface area contributed by atoms with Crippen LogP contribution < -0.4 is 5.32 Å². The molecule has 0 amide bonds. The highest BCUT2D eigenvalue weighted by molar-refractivity contribution is 7.10. The van der Waals surface area contributed by atoms with E-state index in [1.807, 2.05) is 7.05 Å². The van der Waals surface area contributed by atoms with Gasteiger partial charge in [0.1, 0.15) is 0 Å². The Morgan fingerprint density at radius 3 is 2.63 bits per heavy atom. The van der Waals surface area contributed by atoms with Gasteiger partial charge in [0, 0.05) is 30.1 Å². The van der Waals surface area contributed by atoms with Crippen LogP contribution in [-0.2, 0) is 25.7 Å². The van der Waals surface area contributed by atoms with Crippen molar-refractivity contribution in [1.29, 1.82) is 0 Å². The molecule has 2 aromatic carbocycles. The van der Waals surface area contributed by atoms with E-state index < -0.39 is 0 Å². The van der Waals surface area contributed by atoms with Crippen LogP contribution >= 0.6 is 11.3 Å². The lowest BCUT2D eigenvalue weighted by Crippen LogP contribution is -2.02. The Morgan fingerprint density at radius 1 is 1.04 bits per heavy atom. The Bertz CT molecular complexity index is 955. The molecule has 2 nitrogen and oxygen atoms in total. The molecule has 0 saturated heterocycles. The van der Waals surface area contributed by atoms with Crippen molar-refractivity contribution >= 4 is 17.0 Å². The summed E-state index contributed by atoms with van der Waals surface area (Å²) < 4.78 is 0. The summed E-state index contributed by atoms with van der Waals surface area (Å²) in [7, 11) is 1.99. The van der Waals surface area contributed by atoms with Gasteiger partial charge in [0.25, 0.3) is 0 Å². The van der Waals surface area contributed by atoms with Gasteiger partial charge in [-0.25, -0.2) is 4.98 Å². The second kappa shape index (κ2) is 7.85. The van der Waals surface area contributed by atoms with Crippen molar-refractivity contribution < 1.29 is 0 Å². The quantitative estimate of drug-likeness (QED) is 0.574. The molecule has 0 bridgehead atoms. The van der Waals surface area contributed by atoms with Crippen LogP contribution in [0, 0.1) is 6.92 Å². The zero-order valence-electron chi connectivity index (χ0n) is 16.6. The molecule has 1 N–H and O–H groups in total. The molecule has 1 aliphatic rings. The third-order valence-corrected chi connectivity index (χ3v) is 6.58. The lowest BCUT2D eigenvalue weighted by atomic mass is 9.90. The Balaban J connectivity index is 1.59. The summed E-state index contributed by atoms with van der Waals surface area (Å²) in [6, 6.07) is 11.6. The van der Waals surface area contributed by atoms with E-state index in [9.17, 15) is 0 Å². The normalized spacial score (nSPS) is 13.4. The molecule has 3 heteroatoms. The molecular weight excluding hydrogens is 348 g/mol. The van der Waals surface area contributed by atoms with E-state index in [4.69, 9.17) is 4.98 Å². The number of hydrogen-bond acceptors (Lipinski definition) is 3. The Labute approximate surface area is 166 Å². The fraction of sp³-hybridized carbons (Fsp3) is 0.375. The Hall–Kier alpha value is -2.13. The summed E-state index contributed by atoms with van der Waals surface area (Å²) in [6.07, 6.45) is 7.08. The molecule has 3 aromatic rings. The molecule has 4 rings (SSSR count). The van der Waals surface area contributed by atoms with Crippen LogP contribution in [0.3, 0.4) is 0 Å². The predicted molar refractivity (Wildman–Crippen MR) is 117 cm³/mol. The number of hydrogen-bond donors (Lipinski definition) is 1. The maximum Gasteiger partial charge on any atom is 0.0976 e. The number of nitrogens with one attached hydrogen (secondary N) is 1. The summed E-state index contributed by atoms with van der Waals surface area (Å²) in [6.45, 7) is 4.41. The van der Waals surface area contributed by atoms with E-state index >= 15 is 0 Å². The van der Waals surface area contributed by atoms with Gasteiger partial charge in [0.2, 0.25) is 0 Å². The predicted octanol–water partition coefficient (Wildman–Crippen LogP) is 6.19. The fourth-order valence-electron chi connectivity index (χ4n) is 4.16. The lowest BCUT2D eigenvalue weighted by molar-refractivity contribution is 0.686. The van der Waals surface area contributed by atoms with Crippen LogP contribution in [-0.4, -0.2) is 12.0 Å². The van der Waals surface area contributed by atoms with Gasteiger partial charge in [0.05, 0.1) is 10.7 Å². The number of rotatable bonds is 5. The lowest BCUT2D eigenvalue weighted by Gasteiger charge is -2.16. The highest BCUT2D eigenvalue weighted by Crippen LogP contribution is 2.30. The number of benzene rings is 2. The van der Waals surface area contributed by atoms with Gasteiger partial charge in [-0.3, -0.25) is 0 Å². The van der Waals surface area contributed by atoms with Crippen LogP contribution in [0.4, 0.5) is 5.69 Å². The smallest absolute Gasteiger partial charge is 0.0976 e. The molecule has 0 saturated carbocycles. The van der Waals surface area contributed by atoms with Gasteiger partial charge >= 0.3 is 0 Å². The van der Waals surface area contributed by atoms with E-state index in [-0.39, 0.29) is 0 Å². The molecule has 0 unspecified atom stereocenters. The SMILES string of the molecule is CCc1cc(NC)c(C)cc1Cc1nc(-c2ccc3c(c2)CCCC3)cs1. The average Bonchev–Trinajstić information content (AvgIpc) is 3.16. The van der Waals surface area contributed by atoms with Crippen LogP contribution in [0.5, 0.6) is 0 Å². The molecule has 0 atom stereocenters. The van der Waals surface area contributed by atoms with Crippen molar-refractivity contribution in [2.75, 3.05) is 12.4 Å². The van der Waals surface area contributed by atoms with Gasteiger partial charge in [-0.15, -0.1) is 11.3 Å². The Kier molecular flexibility index (Phi) is 5.31. The minimum atomic E-state index is 0.920. The first kappa shape index (κ1) is 18.2. The summed E-state index contributed by atoms with van der Waals surface area (Å²) in [5.41, 5.74) is 10.8. The molecule has 0 spiro atoms. The van der Waals surface area contributed by atoms with E-state index in [1.54, 1.807) is 11.3 Å². The number of aryl methyl sites for hydroxylation is 4. The number of fused-ring (bicyclic) bond motifs is 1. The van der Waals surface area contributed by atoms with Crippen LogP contribution in [0.15, 0.2) is 35.7 Å². The van der Waals surface area contributed by atoms with Crippen molar-refractivity contribution in [3.05, 3.63) is 68.5 Å². The van der Waals surface area contributed by atoms with Crippen LogP contribution in [0.2, 0.25) is 0 Å². The highest BCUT2D eigenvalue weighted by atomic mass is 32.1. The summed E-state index contributed by atoms with van der Waals surface area (Å²) in [5.74, 6) is 0. The zero-order chi connectivity index (χ0) is 18.8. The Morgan fingerprint density at radius 2 is 1.85 bits per heavy atom. The molecule has 0 fully saturated rings. The van der Waals surface area contributed by atoms with Crippen molar-refractivity contribution in [3.8, 4) is 11.3 Å². The molecule has 27 heavy (non-hydrogen) atoms. The van der Waals surface area contributed by atoms with Crippen LogP contribution in [0.1, 0.15) is 52.6 Å². The van der Waals surface area contributed by atoms with Crippen molar-refractivity contribution in [2.45, 2.75) is 52.4 Å². The average molecular weight is 377 g/mol. The molecular formula is C24H28N2S. The van der Waals surface area contributed by atoms with Crippen molar-refractivity contribution in [1.82, 2.24) is 4.98 Å². The minimum Gasteiger partial charge on any atom is -0.388 e. The van der Waals surface area contributed by atoms with E-state index in [1.165, 1.54) is 69.8 Å². The van der Waals surface area contributed by atoms with Gasteiger partial charge in [-0.1, -0.05) is 25.1 Å². The first-order valence-electron chi connectivity index (χ1n) is 10.0. The zero-order valence-corrected chi connectivity index (χ0v) is 17.4. The number of anilines is 1. The number of thiazole rings is 1. The minimum absolute atomic E-state index is 0.920. The first-order valence-corrected chi connectivity index (χ1v) is 10.9. The van der Waals surface area contributed by atoms with E-state index in [2.05, 4.69) is 54.9 Å². The van der Waals surface area contributed by atoms with Gasteiger partial charge in [-0.05, 0) is 79.0 Å². The number of aromatic nitrogens is 1. The fourth-order valence-corrected chi connectivity index (χ4v) is 4.98. The highest BCUT2D eigenvalue weighted by Gasteiger charge is 2.13. The molecule has 1 heterocycles. The third-order valence-electron chi connectivity index (χ3n) is 5.73. The number of nitrogens with zero attached hydrogens (tertiary/aromatic N) is 1. The molecule has 140 valence electrons. The second-order valence-electron chi connectivity index (χ2n) is 7.53. The first-order chi connectivity index (χ1) is 13.2. The molecule has 0 radical (unpaired) electrons. The summed E-state index contributed by atoms with van der Waals surface area (Å²) in [5, 5.41) is 6.72. The van der Waals surface area contributed by atoms with Crippen molar-refractivity contribution in [3.63, 3.8) is 0 Å². The van der Waals surface area contributed by atoms with Crippen LogP contribution in [0.25, 0.3) is 11.3 Å². The molecule has 0 aliphatic heterocycles.